The van der Waals surface area contributed by atoms with Gasteiger partial charge in [-0.1, -0.05) is 265 Å². The summed E-state index contributed by atoms with van der Waals surface area (Å²) >= 11 is 48.5. The number of esters is 5. The normalized spacial score (nSPS) is 25.7. The molecule has 0 saturated carbocycles. The molecular formula is C113H150Br2O11S22. The fourth-order valence-corrected chi connectivity index (χ4v) is 41.0. The SMILES string of the molecule is C=C1C(C)SC(C)C(OC(=O)c2ccccc2)SC1C.C=C1CSC(Br)C(COC(C)=O)SC1.C=C1CSC(C)C(C)SC1.C=C1CSCC(C(=O)OC)SC1.C=C1CSCC(C(=O)Oc2ccc(Br)cc2)SC1.C=C1CSCC(C)SC1.C=C1CSCC(COc2ccccc2)SC1.C=C1CSCC(Cc2ccc(CC3CSCC(=C)CS3)cc2)SC1.C=C1CSCC(OC(=O)c2ccccc2)SC1.C=C1CSCCSC1. The van der Waals surface area contributed by atoms with Crippen LogP contribution in [0.2, 0.25) is 0 Å². The number of alkyl halides is 1. The molecule has 0 aromatic heterocycles. The molecule has 11 fully saturated rings. The van der Waals surface area contributed by atoms with E-state index in [4.69, 9.17) is 23.7 Å². The molecule has 0 amide bonds. The molecule has 11 heterocycles. The minimum Gasteiger partial charge on any atom is -0.492 e. The number of carbonyl (C=O) groups excluding carboxylic acids is 5. The van der Waals surface area contributed by atoms with Gasteiger partial charge in [0.1, 0.15) is 35.2 Å². The van der Waals surface area contributed by atoms with Crippen LogP contribution in [0, 0.1) is 0 Å². The highest BCUT2D eigenvalue weighted by atomic mass is 79.9. The van der Waals surface area contributed by atoms with E-state index in [0.717, 1.165) is 147 Å². The summed E-state index contributed by atoms with van der Waals surface area (Å²) in [6, 6.07) is 45.0. The minimum absolute atomic E-state index is 0.000694. The maximum atomic E-state index is 12.2. The number of carbonyl (C=O) groups is 5. The molecule has 0 N–H and O–H groups in total. The molecule has 0 aliphatic carbocycles. The van der Waals surface area contributed by atoms with Crippen molar-refractivity contribution in [2.24, 2.45) is 0 Å². The summed E-state index contributed by atoms with van der Waals surface area (Å²) in [5.74, 6) is 31.9. The Morgan fingerprint density at radius 1 is 0.351 bits per heavy atom. The zero-order valence-electron chi connectivity index (χ0n) is 86.8. The third kappa shape index (κ3) is 59.4. The number of hydrogen-bond donors (Lipinski definition) is 0. The molecule has 0 radical (unpaired) electrons. The van der Waals surface area contributed by atoms with E-state index in [9.17, 15) is 24.0 Å². The van der Waals surface area contributed by atoms with Crippen LogP contribution >= 0.6 is 291 Å². The number of hydrogen-bond acceptors (Lipinski definition) is 33. The lowest BCUT2D eigenvalue weighted by atomic mass is 10.0. The topological polar surface area (TPSA) is 141 Å². The van der Waals surface area contributed by atoms with Crippen molar-refractivity contribution in [1.29, 1.82) is 0 Å². The van der Waals surface area contributed by atoms with Crippen molar-refractivity contribution in [3.63, 3.8) is 0 Å². The van der Waals surface area contributed by atoms with Crippen LogP contribution in [0.15, 0.2) is 278 Å². The summed E-state index contributed by atoms with van der Waals surface area (Å²) in [6.45, 7) is 60.2. The summed E-state index contributed by atoms with van der Waals surface area (Å²) in [5, 5.41) is 5.65. The highest BCUT2D eigenvalue weighted by Crippen LogP contribution is 2.43. The monoisotopic (exact) mass is 2540 g/mol. The van der Waals surface area contributed by atoms with Crippen molar-refractivity contribution in [3.05, 3.63) is 300 Å². The molecule has 814 valence electrons. The van der Waals surface area contributed by atoms with Crippen LogP contribution in [0.4, 0.5) is 0 Å². The molecule has 11 aliphatic rings. The Hall–Kier alpha value is -0.950. The van der Waals surface area contributed by atoms with Crippen LogP contribution in [0.3, 0.4) is 0 Å². The van der Waals surface area contributed by atoms with Gasteiger partial charge in [-0.2, -0.15) is 165 Å². The van der Waals surface area contributed by atoms with Crippen molar-refractivity contribution in [3.8, 4) is 11.5 Å². The molecule has 0 spiro atoms. The molecule has 5 aromatic carbocycles. The second-order valence-corrected chi connectivity index (χ2v) is 64.8. The molecule has 16 rings (SSSR count). The van der Waals surface area contributed by atoms with Gasteiger partial charge in [-0.3, -0.25) is 14.4 Å². The number of benzene rings is 5. The minimum atomic E-state index is -0.247. The molecular weight excluding hydrogens is 2400 g/mol. The number of para-hydroxylation sites is 1. The Kier molecular flexibility index (Phi) is 71.6. The number of methoxy groups -OCH3 is 1. The van der Waals surface area contributed by atoms with E-state index >= 15 is 0 Å². The highest BCUT2D eigenvalue weighted by Gasteiger charge is 2.35. The second-order valence-electron chi connectivity index (χ2n) is 35.8. The van der Waals surface area contributed by atoms with E-state index in [-0.39, 0.29) is 56.5 Å². The van der Waals surface area contributed by atoms with Crippen LogP contribution < -0.4 is 9.47 Å². The predicted octanol–water partition coefficient (Wildman–Crippen LogP) is 31.9. The average Bonchev–Trinajstić information content (AvgIpc) is 1.68. The van der Waals surface area contributed by atoms with E-state index in [2.05, 4.69) is 198 Å². The molecule has 11 nitrogen and oxygen atoms in total. The predicted molar refractivity (Wildman–Crippen MR) is 706 cm³/mol. The highest BCUT2D eigenvalue weighted by molar-refractivity contribution is 9.11. The largest absolute Gasteiger partial charge is 0.492 e. The third-order valence-electron chi connectivity index (χ3n) is 21.8. The Morgan fingerprint density at radius 2 is 0.730 bits per heavy atom. The van der Waals surface area contributed by atoms with E-state index in [1.807, 2.05) is 220 Å². The van der Waals surface area contributed by atoms with Crippen LogP contribution in [-0.4, -0.2) is 295 Å². The number of thioether (sulfide) groups is 22. The Morgan fingerprint density at radius 3 is 1.22 bits per heavy atom. The Balaban J connectivity index is 0.000000226. The lowest BCUT2D eigenvalue weighted by Gasteiger charge is -2.22. The summed E-state index contributed by atoms with van der Waals surface area (Å²) < 4.78 is 33.3. The Labute approximate surface area is 998 Å². The van der Waals surface area contributed by atoms with Crippen molar-refractivity contribution < 1.29 is 52.4 Å². The molecule has 11 saturated heterocycles. The smallest absolute Gasteiger partial charge is 0.339 e. The van der Waals surface area contributed by atoms with Crippen molar-refractivity contribution in [2.75, 3.05) is 187 Å². The number of halogens is 2. The zero-order chi connectivity index (χ0) is 107. The first-order valence-corrected chi connectivity index (χ1v) is 74.4. The molecule has 5 aromatic rings. The molecule has 148 heavy (non-hydrogen) atoms. The van der Waals surface area contributed by atoms with E-state index in [0.29, 0.717) is 48.6 Å². The van der Waals surface area contributed by atoms with Gasteiger partial charge in [-0.05, 0) is 105 Å². The van der Waals surface area contributed by atoms with E-state index in [1.165, 1.54) is 163 Å². The van der Waals surface area contributed by atoms with Gasteiger partial charge in [0, 0.05) is 225 Å². The maximum Gasteiger partial charge on any atom is 0.339 e. The van der Waals surface area contributed by atoms with Crippen molar-refractivity contribution >= 4 is 320 Å². The van der Waals surface area contributed by atoms with Gasteiger partial charge in [0.2, 0.25) is 0 Å². The van der Waals surface area contributed by atoms with Gasteiger partial charge in [0.25, 0.3) is 0 Å². The third-order valence-corrected chi connectivity index (χ3v) is 55.0. The first kappa shape index (κ1) is 134. The first-order valence-electron chi connectivity index (χ1n) is 48.9. The van der Waals surface area contributed by atoms with Crippen molar-refractivity contribution in [1.82, 2.24) is 0 Å². The van der Waals surface area contributed by atoms with E-state index < -0.39 is 0 Å². The van der Waals surface area contributed by atoms with Gasteiger partial charge in [-0.25, -0.2) is 9.59 Å². The first-order chi connectivity index (χ1) is 71.1. The zero-order valence-corrected chi connectivity index (χ0v) is 108. The molecule has 0 bridgehead atoms. The average molecular weight is 2550 g/mol. The van der Waals surface area contributed by atoms with Crippen LogP contribution in [-0.2, 0) is 46.2 Å². The standard InChI is InChI=1S/C20H26S4.C16H20O2S2.C13H13BrO2S2.C13H14O2S2.C13H16OS2.C9H13BrO2S2.C8H12O2S2.C8H14S2.C7H12S2.C6H10S2/c1-15-9-21-13-19(23-11-15)7-17-3-5-18(6-4-17)8-20-14-22-10-16(2)12-24-20;1-10-11(2)19-13(4)16(20-12(10)3)18-15(17)14-8-6-5-7-9-14;1-9-6-17-8-12(18-7-9)13(15)16-11-4-2-10(14)3-5-11;1-10-7-16-9-12(17-8-10)15-13(14)11-5-3-2-4-6-11;1-11-8-15-10-13(16-9-11)7-14-12-5-3-2-4-6-12;1-6-4-13-8(3-12-7(2)11)9(10)14-5-6;1-6-3-11-5-7(12-4-6)8(9)10-2;1-6-4-9-7(2)8(3)10-5-6;1-6-3-8-5-7(2)9-4-6;1-6-4-7-2-3-8-5-6/h3-6,19-20H,1-2,7-14H2;5-9,11-13,16H,1H2,2-4H3;2-5,12H,1,6-8H2;2-6,12H,1,7-9H2;2-6,13H,1,7-10H2;8-9H,1,3-5H2,2H3;7H,1,3-5H2,2H3;7-8H,1,4-5H2,2-3H3;7H,1,3-5H2,2H3;1-5H2. The van der Waals surface area contributed by atoms with Crippen LogP contribution in [0.1, 0.15) is 80.3 Å². The summed E-state index contributed by atoms with van der Waals surface area (Å²) in [7, 11) is 1.44. The quantitative estimate of drug-likeness (QED) is 0.0304. The summed E-state index contributed by atoms with van der Waals surface area (Å²) in [4.78, 5) is 57.8. The van der Waals surface area contributed by atoms with Gasteiger partial charge in [0.15, 0.2) is 10.9 Å². The second kappa shape index (κ2) is 79.1. The fraction of sp³-hybridized carbons (Fsp3) is 0.496. The van der Waals surface area contributed by atoms with Gasteiger partial charge >= 0.3 is 29.8 Å². The summed E-state index contributed by atoms with van der Waals surface area (Å²) in [6.07, 6.45) is 2.39. The number of ether oxygens (including phenoxy) is 6. The molecule has 35 heteroatoms. The van der Waals surface area contributed by atoms with Gasteiger partial charge < -0.3 is 28.4 Å². The van der Waals surface area contributed by atoms with Gasteiger partial charge in [0.05, 0.1) is 27.6 Å². The maximum absolute atomic E-state index is 12.2. The lowest BCUT2D eigenvalue weighted by molar-refractivity contribution is -0.141. The fourth-order valence-electron chi connectivity index (χ4n) is 13.3. The van der Waals surface area contributed by atoms with Crippen molar-refractivity contribution in [2.45, 2.75) is 139 Å². The molecule has 15 unspecified atom stereocenters. The van der Waals surface area contributed by atoms with E-state index in [1.54, 1.807) is 130 Å². The van der Waals surface area contributed by atoms with Crippen LogP contribution in [0.25, 0.3) is 0 Å². The lowest BCUT2D eigenvalue weighted by Crippen LogP contribution is -2.25. The Bertz CT molecular complexity index is 4840. The summed E-state index contributed by atoms with van der Waals surface area (Å²) in [5.41, 5.74) is 18.4. The molecule has 11 aliphatic heterocycles. The number of rotatable bonds is 16. The van der Waals surface area contributed by atoms with Crippen LogP contribution in [0.5, 0.6) is 11.5 Å². The van der Waals surface area contributed by atoms with Gasteiger partial charge in [-0.15, -0.1) is 94.1 Å². The molecule has 15 atom stereocenters.